The van der Waals surface area contributed by atoms with Gasteiger partial charge in [0.1, 0.15) is 34.5 Å². The number of halogens is 18. The first-order valence-corrected chi connectivity index (χ1v) is 28.4. The number of methoxy groups -OCH3 is 2. The first-order valence-electron chi connectivity index (χ1n) is 26.9. The molecule has 10 aromatic carbocycles. The molecule has 0 bridgehead atoms. The topological polar surface area (TPSA) is 108 Å². The summed E-state index contributed by atoms with van der Waals surface area (Å²) in [7, 11) is -1.60. The van der Waals surface area contributed by atoms with Crippen LogP contribution in [0.25, 0.3) is 22.3 Å². The third-order valence-electron chi connectivity index (χ3n) is 14.8. The van der Waals surface area contributed by atoms with Crippen molar-refractivity contribution in [3.8, 4) is 68.2 Å². The van der Waals surface area contributed by atoms with Crippen LogP contribution in [0.2, 0.25) is 0 Å². The van der Waals surface area contributed by atoms with Crippen LogP contribution < -0.4 is 18.9 Å². The average Bonchev–Trinajstić information content (AvgIpc) is 0.967. The minimum Gasteiger partial charge on any atom is -0.457 e. The van der Waals surface area contributed by atoms with E-state index in [9.17, 15) is 52.3 Å². The number of sulfone groups is 1. The summed E-state index contributed by atoms with van der Waals surface area (Å²) in [5, 5.41) is 0. The lowest BCUT2D eigenvalue weighted by Crippen LogP contribution is -2.32. The molecule has 1 saturated heterocycles. The molecule has 95 heavy (non-hydrogen) atoms. The van der Waals surface area contributed by atoms with Gasteiger partial charge in [-0.25, -0.2) is 69.9 Å². The van der Waals surface area contributed by atoms with E-state index in [0.29, 0.717) is 11.1 Å². The van der Waals surface area contributed by atoms with Crippen LogP contribution >= 0.6 is 0 Å². The zero-order valence-electron chi connectivity index (χ0n) is 47.6. The predicted molar refractivity (Wildman–Crippen MR) is 295 cm³/mol. The highest BCUT2D eigenvalue weighted by Gasteiger charge is 2.42. The summed E-state index contributed by atoms with van der Waals surface area (Å²) in [4.78, 5) is -0.227. The van der Waals surface area contributed by atoms with Gasteiger partial charge in [-0.2, -0.15) is 17.6 Å². The fourth-order valence-corrected chi connectivity index (χ4v) is 11.4. The van der Waals surface area contributed by atoms with E-state index in [2.05, 4.69) is 0 Å². The lowest BCUT2D eigenvalue weighted by molar-refractivity contribution is -0.183. The van der Waals surface area contributed by atoms with Gasteiger partial charge in [0, 0.05) is 36.5 Å². The van der Waals surface area contributed by atoms with Crippen LogP contribution in [0.1, 0.15) is 22.3 Å². The van der Waals surface area contributed by atoms with Crippen molar-refractivity contribution in [3.63, 3.8) is 0 Å². The van der Waals surface area contributed by atoms with Gasteiger partial charge in [0.05, 0.1) is 45.3 Å². The molecule has 0 spiro atoms. The molecule has 0 atom stereocenters. The van der Waals surface area contributed by atoms with E-state index in [-0.39, 0.29) is 57.1 Å². The third kappa shape index (κ3) is 11.5. The van der Waals surface area contributed by atoms with Crippen molar-refractivity contribution in [2.75, 3.05) is 27.4 Å². The van der Waals surface area contributed by atoms with Gasteiger partial charge in [0.25, 0.3) is 0 Å². The van der Waals surface area contributed by atoms with Crippen molar-refractivity contribution < 1.29 is 125 Å². The molecule has 10 aromatic rings. The van der Waals surface area contributed by atoms with Crippen molar-refractivity contribution in [3.05, 3.63) is 273 Å². The molecule has 1 aliphatic heterocycles. The van der Waals surface area contributed by atoms with E-state index in [1.807, 2.05) is 0 Å². The van der Waals surface area contributed by atoms with Crippen LogP contribution in [0.15, 0.2) is 155 Å². The van der Waals surface area contributed by atoms with Crippen LogP contribution in [0, 0.1) is 105 Å². The third-order valence-corrected chi connectivity index (χ3v) is 16.5. The Morgan fingerprint density at radius 1 is 0.305 bits per heavy atom. The van der Waals surface area contributed by atoms with Crippen molar-refractivity contribution in [1.82, 2.24) is 0 Å². The summed E-state index contributed by atoms with van der Waals surface area (Å²) in [6.45, 7) is 0.147. The lowest BCUT2D eigenvalue weighted by atomic mass is 9.96. The quantitative estimate of drug-likeness (QED) is 0.0357. The second kappa shape index (κ2) is 25.7. The first-order chi connectivity index (χ1) is 45.2. The molecular weight excluding hydrogens is 1330 g/mol. The zero-order valence-corrected chi connectivity index (χ0v) is 48.4. The smallest absolute Gasteiger partial charge is 0.222 e. The highest BCUT2D eigenvalue weighted by molar-refractivity contribution is 7.91. The normalized spacial score (nSPS) is 13.1. The fourth-order valence-electron chi connectivity index (χ4n) is 10.1. The SMILES string of the molecule is COC(OC)(c1ccc(Oc2ccc(S(=O)(=O)c3ccc(Oc4ccc(C5(c6ccc(Oc7c(F)c(F)c(-c8c(F)c(F)c(F)c(F)c8F)c(F)c7F)cc6)OCCO5)cc4)cc3)cc2)cc1)c1ccc(Oc2c(F)c(F)c(-c3c(F)c(F)c(F)c(F)c3F)c(F)c2F)cc1. The van der Waals surface area contributed by atoms with Gasteiger partial charge in [-0.15, -0.1) is 0 Å². The van der Waals surface area contributed by atoms with Crippen molar-refractivity contribution in [2.24, 2.45) is 0 Å². The molecule has 29 heteroatoms. The number of rotatable bonds is 18. The molecule has 0 unspecified atom stereocenters. The van der Waals surface area contributed by atoms with Gasteiger partial charge in [-0.3, -0.25) is 0 Å². The summed E-state index contributed by atoms with van der Waals surface area (Å²) < 4.78 is 335. The van der Waals surface area contributed by atoms with Crippen molar-refractivity contribution in [1.29, 1.82) is 0 Å². The maximum atomic E-state index is 15.2. The van der Waals surface area contributed by atoms with Crippen molar-refractivity contribution in [2.45, 2.75) is 21.4 Å². The molecule has 1 heterocycles. The Balaban J connectivity index is 0.718. The predicted octanol–water partition coefficient (Wildman–Crippen LogP) is 18.3. The Hall–Kier alpha value is -10.1. The lowest BCUT2D eigenvalue weighted by Gasteiger charge is -2.32. The molecule has 11 rings (SSSR count). The monoisotopic (exact) mass is 1360 g/mol. The minimum absolute atomic E-state index is 0.0735. The van der Waals surface area contributed by atoms with Gasteiger partial charge in [-0.1, -0.05) is 0 Å². The highest BCUT2D eigenvalue weighted by Crippen LogP contribution is 2.46. The van der Waals surface area contributed by atoms with E-state index in [4.69, 9.17) is 37.9 Å². The van der Waals surface area contributed by atoms with Crippen LogP contribution in [-0.4, -0.2) is 35.9 Å². The Kier molecular flexibility index (Phi) is 17.9. The van der Waals surface area contributed by atoms with Gasteiger partial charge in [-0.05, 0) is 146 Å². The van der Waals surface area contributed by atoms with Gasteiger partial charge in [0.2, 0.25) is 67.8 Å². The van der Waals surface area contributed by atoms with Crippen LogP contribution in [0.5, 0.6) is 46.0 Å². The number of ether oxygens (including phenoxy) is 8. The summed E-state index contributed by atoms with van der Waals surface area (Å²) in [6.07, 6.45) is 0. The second-order valence-corrected chi connectivity index (χ2v) is 22.0. The van der Waals surface area contributed by atoms with Crippen molar-refractivity contribution >= 4 is 9.84 Å². The number of hydrogen-bond donors (Lipinski definition) is 0. The van der Waals surface area contributed by atoms with Crippen LogP contribution in [-0.2, 0) is 40.4 Å². The second-order valence-electron chi connectivity index (χ2n) is 20.1. The molecule has 0 radical (unpaired) electrons. The maximum Gasteiger partial charge on any atom is 0.222 e. The Morgan fingerprint density at radius 3 is 0.789 bits per heavy atom. The molecular formula is C66H34F18O10S. The van der Waals surface area contributed by atoms with Gasteiger partial charge >= 0.3 is 0 Å². The fraction of sp³-hybridized carbons (Fsp3) is 0.0909. The summed E-state index contributed by atoms with van der Waals surface area (Å²) >= 11 is 0. The Morgan fingerprint density at radius 2 is 0.526 bits per heavy atom. The number of hydrogen-bond acceptors (Lipinski definition) is 10. The van der Waals surface area contributed by atoms with E-state index in [1.54, 1.807) is 12.1 Å². The van der Waals surface area contributed by atoms with E-state index >= 15 is 35.1 Å². The minimum atomic E-state index is -4.12. The Labute approximate surface area is 523 Å². The van der Waals surface area contributed by atoms with E-state index in [1.165, 1.54) is 123 Å². The molecule has 490 valence electrons. The van der Waals surface area contributed by atoms with Gasteiger partial charge < -0.3 is 37.9 Å². The van der Waals surface area contributed by atoms with Crippen LogP contribution in [0.4, 0.5) is 79.0 Å². The average molecular weight is 1360 g/mol. The summed E-state index contributed by atoms with van der Waals surface area (Å²) in [6, 6.07) is 32.4. The van der Waals surface area contributed by atoms with E-state index in [0.717, 1.165) is 24.3 Å². The van der Waals surface area contributed by atoms with Crippen LogP contribution in [0.3, 0.4) is 0 Å². The van der Waals surface area contributed by atoms with Gasteiger partial charge in [0.15, 0.2) is 69.8 Å². The molecule has 0 N–H and O–H groups in total. The van der Waals surface area contributed by atoms with E-state index < -0.39 is 171 Å². The molecule has 0 amide bonds. The molecule has 10 nitrogen and oxygen atoms in total. The molecule has 0 aliphatic carbocycles. The standard InChI is InChI=1S/C66H34F18O10S/c1-87-65(88-2,30-5-15-37(16-6-30)93-63-59(81)49(71)43(50(72)60(63)82)41-45(67)53(75)57(79)54(76)46(41)68)29-3-11-33(12-4-29)91-35-19-23-39(24-20-35)95(85,86)40-25-21-36(22-26-40)92-34-13-7-31(8-14-34)66(89-27-28-90-66)32-9-17-38(18-10-32)94-64-61(83)51(73)44(52(74)62(64)84)42-47(69)55(77)58(80)56(78)48(42)70/h3-26H,27-28H2,1-2H3. The largest absolute Gasteiger partial charge is 0.457 e. The molecule has 0 aromatic heterocycles. The molecule has 1 fully saturated rings. The zero-order chi connectivity index (χ0) is 68.3. The first kappa shape index (κ1) is 66.4. The summed E-state index contributed by atoms with van der Waals surface area (Å²) in [5.41, 5.74) is -7.79. The summed E-state index contributed by atoms with van der Waals surface area (Å²) in [5.74, 6) is -53.5. The maximum absolute atomic E-state index is 15.2. The molecule has 0 saturated carbocycles. The Bertz CT molecular complexity index is 4370. The number of benzene rings is 10. The molecule has 1 aliphatic rings. The highest BCUT2D eigenvalue weighted by atomic mass is 32.2.